The number of nitrogens with zero attached hydrogens (tertiary/aromatic N) is 1. The minimum absolute atomic E-state index is 0.251. The zero-order valence-electron chi connectivity index (χ0n) is 14.1. The Morgan fingerprint density at radius 3 is 2.32 bits per heavy atom. The van der Waals surface area contributed by atoms with Crippen LogP contribution in [0.3, 0.4) is 0 Å². The molecule has 0 fully saturated rings. The van der Waals surface area contributed by atoms with Crippen molar-refractivity contribution >= 4 is 12.0 Å². The van der Waals surface area contributed by atoms with Gasteiger partial charge < -0.3 is 20.1 Å². The predicted molar refractivity (Wildman–Crippen MR) is 94.6 cm³/mol. The molecule has 0 unspecified atom stereocenters. The highest BCUT2D eigenvalue weighted by Crippen LogP contribution is 2.11. The number of carboxylic acids is 1. The lowest BCUT2D eigenvalue weighted by molar-refractivity contribution is -0.137. The molecule has 0 heterocycles. The molecule has 2 aromatic carbocycles. The summed E-state index contributed by atoms with van der Waals surface area (Å²) in [6, 6.07) is 16.5. The summed E-state index contributed by atoms with van der Waals surface area (Å²) in [7, 11) is 1.61. The average molecular weight is 342 g/mol. The number of hydrogen-bond donors (Lipinski definition) is 2. The Morgan fingerprint density at radius 1 is 1.04 bits per heavy atom. The van der Waals surface area contributed by atoms with Gasteiger partial charge in [-0.3, -0.25) is 4.79 Å². The number of hydrogen-bond acceptors (Lipinski definition) is 3. The smallest absolute Gasteiger partial charge is 0.323 e. The quantitative estimate of drug-likeness (QED) is 0.773. The van der Waals surface area contributed by atoms with Crippen molar-refractivity contribution in [3.63, 3.8) is 0 Å². The van der Waals surface area contributed by atoms with Gasteiger partial charge in [-0.15, -0.1) is 0 Å². The normalized spacial score (nSPS) is 10.1. The molecular formula is C19H22N2O4. The van der Waals surface area contributed by atoms with Crippen LogP contribution in [0.4, 0.5) is 4.79 Å². The highest BCUT2D eigenvalue weighted by Gasteiger charge is 2.16. The molecule has 0 aliphatic carbocycles. The van der Waals surface area contributed by atoms with E-state index in [0.29, 0.717) is 13.0 Å². The Morgan fingerprint density at radius 2 is 1.72 bits per heavy atom. The van der Waals surface area contributed by atoms with Gasteiger partial charge in [0.15, 0.2) is 0 Å². The second kappa shape index (κ2) is 9.32. The molecule has 0 spiro atoms. The molecule has 0 saturated carbocycles. The topological polar surface area (TPSA) is 78.9 Å². The van der Waals surface area contributed by atoms with Gasteiger partial charge in [0.05, 0.1) is 7.11 Å². The molecule has 0 aliphatic heterocycles. The first-order chi connectivity index (χ1) is 12.1. The van der Waals surface area contributed by atoms with Crippen LogP contribution in [0.25, 0.3) is 0 Å². The summed E-state index contributed by atoms with van der Waals surface area (Å²) in [6.45, 7) is 0.334. The molecule has 132 valence electrons. The molecule has 6 heteroatoms. The van der Waals surface area contributed by atoms with Crippen LogP contribution < -0.4 is 10.1 Å². The first kappa shape index (κ1) is 18.3. The van der Waals surface area contributed by atoms with Gasteiger partial charge in [0, 0.05) is 13.1 Å². The Labute approximate surface area is 147 Å². The largest absolute Gasteiger partial charge is 0.497 e. The van der Waals surface area contributed by atoms with E-state index in [4.69, 9.17) is 9.84 Å². The van der Waals surface area contributed by atoms with E-state index in [0.717, 1.165) is 16.9 Å². The van der Waals surface area contributed by atoms with Gasteiger partial charge in [0.1, 0.15) is 12.3 Å². The highest BCUT2D eigenvalue weighted by molar-refractivity contribution is 5.80. The number of ether oxygens (including phenoxy) is 1. The Kier molecular flexibility index (Phi) is 6.83. The second-order valence-corrected chi connectivity index (χ2v) is 5.57. The van der Waals surface area contributed by atoms with Gasteiger partial charge in [-0.2, -0.15) is 0 Å². The van der Waals surface area contributed by atoms with Crippen LogP contribution in [0.2, 0.25) is 0 Å². The molecule has 0 aromatic heterocycles. The number of amides is 2. The summed E-state index contributed by atoms with van der Waals surface area (Å²) in [5, 5.41) is 11.8. The van der Waals surface area contributed by atoms with Crippen molar-refractivity contribution in [2.75, 3.05) is 20.2 Å². The number of aliphatic carboxylic acids is 1. The van der Waals surface area contributed by atoms with Gasteiger partial charge >= 0.3 is 12.0 Å². The number of carbonyl (C=O) groups excluding carboxylic acids is 1. The molecule has 0 aliphatic rings. The van der Waals surface area contributed by atoms with Crippen LogP contribution in [0.15, 0.2) is 54.6 Å². The molecule has 2 amide bonds. The lowest BCUT2D eigenvalue weighted by Gasteiger charge is -2.21. The molecule has 6 nitrogen and oxygen atoms in total. The molecule has 2 N–H and O–H groups in total. The molecular weight excluding hydrogens is 320 g/mol. The van der Waals surface area contributed by atoms with Gasteiger partial charge in [0.2, 0.25) is 0 Å². The molecule has 0 radical (unpaired) electrons. The summed E-state index contributed by atoms with van der Waals surface area (Å²) in [5.74, 6) is -0.260. The second-order valence-electron chi connectivity index (χ2n) is 5.57. The summed E-state index contributed by atoms with van der Waals surface area (Å²) in [6.07, 6.45) is 0.655. The van der Waals surface area contributed by atoms with Gasteiger partial charge in [-0.05, 0) is 29.7 Å². The molecule has 0 bridgehead atoms. The zero-order valence-corrected chi connectivity index (χ0v) is 14.1. The number of carboxylic acid groups (broad SMARTS) is 1. The Bertz CT molecular complexity index is 686. The predicted octanol–water partition coefficient (Wildman–Crippen LogP) is 2.53. The summed E-state index contributed by atoms with van der Waals surface area (Å²) < 4.78 is 5.10. The van der Waals surface area contributed by atoms with Gasteiger partial charge in [-0.1, -0.05) is 42.5 Å². The average Bonchev–Trinajstić information content (AvgIpc) is 2.62. The van der Waals surface area contributed by atoms with Crippen LogP contribution in [0.5, 0.6) is 5.75 Å². The first-order valence-corrected chi connectivity index (χ1v) is 8.00. The van der Waals surface area contributed by atoms with Crippen LogP contribution >= 0.6 is 0 Å². The van der Waals surface area contributed by atoms with Crippen molar-refractivity contribution in [3.05, 3.63) is 65.7 Å². The Balaban J connectivity index is 1.88. The van der Waals surface area contributed by atoms with E-state index in [1.165, 1.54) is 4.90 Å². The van der Waals surface area contributed by atoms with E-state index in [1.807, 2.05) is 54.6 Å². The maximum absolute atomic E-state index is 12.3. The van der Waals surface area contributed by atoms with Crippen molar-refractivity contribution in [2.45, 2.75) is 13.0 Å². The number of methoxy groups -OCH3 is 1. The lowest BCUT2D eigenvalue weighted by atomic mass is 10.1. The SMILES string of the molecule is COc1ccc(CCNC(=O)N(CC(=O)O)Cc2ccccc2)cc1. The fourth-order valence-electron chi connectivity index (χ4n) is 2.38. The monoisotopic (exact) mass is 342 g/mol. The first-order valence-electron chi connectivity index (χ1n) is 8.00. The van der Waals surface area contributed by atoms with E-state index in [-0.39, 0.29) is 19.1 Å². The van der Waals surface area contributed by atoms with Crippen LogP contribution in [0.1, 0.15) is 11.1 Å². The van der Waals surface area contributed by atoms with E-state index >= 15 is 0 Å². The number of nitrogens with one attached hydrogen (secondary N) is 1. The minimum Gasteiger partial charge on any atom is -0.497 e. The van der Waals surface area contributed by atoms with E-state index < -0.39 is 5.97 Å². The van der Waals surface area contributed by atoms with Crippen LogP contribution in [-0.2, 0) is 17.8 Å². The minimum atomic E-state index is -1.04. The van der Waals surface area contributed by atoms with E-state index in [9.17, 15) is 9.59 Å². The number of rotatable bonds is 8. The van der Waals surface area contributed by atoms with Gasteiger partial charge in [-0.25, -0.2) is 4.79 Å². The van der Waals surface area contributed by atoms with Gasteiger partial charge in [0.25, 0.3) is 0 Å². The maximum atomic E-state index is 12.3. The summed E-state index contributed by atoms with van der Waals surface area (Å²) in [4.78, 5) is 24.6. The van der Waals surface area contributed by atoms with Crippen LogP contribution in [-0.4, -0.2) is 42.2 Å². The number of carbonyl (C=O) groups is 2. The fraction of sp³-hybridized carbons (Fsp3) is 0.263. The zero-order chi connectivity index (χ0) is 18.1. The molecule has 2 aromatic rings. The van der Waals surface area contributed by atoms with E-state index in [1.54, 1.807) is 7.11 Å². The fourth-order valence-corrected chi connectivity index (χ4v) is 2.38. The van der Waals surface area contributed by atoms with Crippen molar-refractivity contribution < 1.29 is 19.4 Å². The van der Waals surface area contributed by atoms with Crippen molar-refractivity contribution in [1.82, 2.24) is 10.2 Å². The third-order valence-corrected chi connectivity index (χ3v) is 3.68. The standard InChI is InChI=1S/C19H22N2O4/c1-25-17-9-7-15(8-10-17)11-12-20-19(24)21(14-18(22)23)13-16-5-3-2-4-6-16/h2-10H,11-14H2,1H3,(H,20,24)(H,22,23). The Hall–Kier alpha value is -3.02. The third kappa shape index (κ3) is 6.18. The molecule has 2 rings (SSSR count). The van der Waals surface area contributed by atoms with E-state index in [2.05, 4.69) is 5.32 Å². The highest BCUT2D eigenvalue weighted by atomic mass is 16.5. The lowest BCUT2D eigenvalue weighted by Crippen LogP contribution is -2.42. The molecule has 25 heavy (non-hydrogen) atoms. The number of urea groups is 1. The molecule has 0 saturated heterocycles. The van der Waals surface area contributed by atoms with Crippen LogP contribution in [0, 0.1) is 0 Å². The van der Waals surface area contributed by atoms with Crippen molar-refractivity contribution in [3.8, 4) is 5.75 Å². The number of benzene rings is 2. The van der Waals surface area contributed by atoms with Crippen molar-refractivity contribution in [2.24, 2.45) is 0 Å². The van der Waals surface area contributed by atoms with Crippen molar-refractivity contribution in [1.29, 1.82) is 0 Å². The summed E-state index contributed by atoms with van der Waals surface area (Å²) in [5.41, 5.74) is 1.95. The maximum Gasteiger partial charge on any atom is 0.323 e. The molecule has 0 atom stereocenters. The third-order valence-electron chi connectivity index (χ3n) is 3.68. The summed E-state index contributed by atoms with van der Waals surface area (Å²) >= 11 is 0.